The SMILES string of the molecule is CCOc1ccc([C@H]2C(C(=O)OC)=CN=c3s/c(=C/c4cc(Cl)ccc4OCc4cccc5ccccc45)c(=O)n32)cc1OCC. The summed E-state index contributed by atoms with van der Waals surface area (Å²) in [5, 5.41) is 2.74. The molecule has 46 heavy (non-hydrogen) atoms. The lowest BCUT2D eigenvalue weighted by molar-refractivity contribution is -0.136. The number of halogens is 1. The molecule has 0 saturated heterocycles. The third-order valence-corrected chi connectivity index (χ3v) is 8.76. The zero-order chi connectivity index (χ0) is 32.2. The minimum Gasteiger partial charge on any atom is -0.490 e. The molecular weight excluding hydrogens is 624 g/mol. The molecule has 0 aliphatic carbocycles. The summed E-state index contributed by atoms with van der Waals surface area (Å²) >= 11 is 7.62. The maximum Gasteiger partial charge on any atom is 0.337 e. The van der Waals surface area contributed by atoms with E-state index >= 15 is 0 Å². The summed E-state index contributed by atoms with van der Waals surface area (Å²) < 4.78 is 24.9. The molecule has 1 aliphatic heterocycles. The third-order valence-electron chi connectivity index (χ3n) is 7.53. The highest BCUT2D eigenvalue weighted by molar-refractivity contribution is 7.07. The molecule has 1 aliphatic rings. The van der Waals surface area contributed by atoms with Crippen LogP contribution in [0, 0.1) is 0 Å². The molecule has 0 amide bonds. The Morgan fingerprint density at radius 2 is 1.70 bits per heavy atom. The molecule has 0 N–H and O–H groups in total. The van der Waals surface area contributed by atoms with Crippen molar-refractivity contribution in [3.05, 3.63) is 132 Å². The van der Waals surface area contributed by atoms with Crippen LogP contribution in [0.3, 0.4) is 0 Å². The molecule has 8 nitrogen and oxygen atoms in total. The van der Waals surface area contributed by atoms with Gasteiger partial charge in [0.15, 0.2) is 16.3 Å². The third kappa shape index (κ3) is 6.16. The van der Waals surface area contributed by atoms with Gasteiger partial charge in [-0.2, -0.15) is 0 Å². The fourth-order valence-corrected chi connectivity index (χ4v) is 6.61. The van der Waals surface area contributed by atoms with Gasteiger partial charge in [-0.05, 0) is 72.2 Å². The summed E-state index contributed by atoms with van der Waals surface area (Å²) in [6, 6.07) is 24.1. The fourth-order valence-electron chi connectivity index (χ4n) is 5.47. The van der Waals surface area contributed by atoms with Crippen molar-refractivity contribution in [3.8, 4) is 17.2 Å². The van der Waals surface area contributed by atoms with E-state index in [0.29, 0.717) is 62.6 Å². The number of fused-ring (bicyclic) bond motifs is 2. The Morgan fingerprint density at radius 3 is 2.50 bits per heavy atom. The molecule has 0 fully saturated rings. The molecule has 234 valence electrons. The van der Waals surface area contributed by atoms with Crippen LogP contribution in [-0.2, 0) is 16.1 Å². The van der Waals surface area contributed by atoms with Crippen molar-refractivity contribution in [3.63, 3.8) is 0 Å². The van der Waals surface area contributed by atoms with Crippen LogP contribution >= 0.6 is 22.9 Å². The number of methoxy groups -OCH3 is 1. The largest absolute Gasteiger partial charge is 0.490 e. The van der Waals surface area contributed by atoms with Gasteiger partial charge in [-0.15, -0.1) is 0 Å². The summed E-state index contributed by atoms with van der Waals surface area (Å²) in [6.45, 7) is 4.96. The average Bonchev–Trinajstić information content (AvgIpc) is 3.39. The van der Waals surface area contributed by atoms with Crippen LogP contribution in [0.4, 0.5) is 0 Å². The lowest BCUT2D eigenvalue weighted by Crippen LogP contribution is -2.39. The molecule has 0 bridgehead atoms. The molecule has 1 aromatic heterocycles. The Kier molecular flexibility index (Phi) is 9.23. The van der Waals surface area contributed by atoms with Crippen LogP contribution < -0.4 is 29.1 Å². The molecule has 0 radical (unpaired) electrons. The smallest absolute Gasteiger partial charge is 0.337 e. The van der Waals surface area contributed by atoms with Gasteiger partial charge < -0.3 is 18.9 Å². The maximum atomic E-state index is 14.1. The van der Waals surface area contributed by atoms with E-state index in [2.05, 4.69) is 23.2 Å². The minimum atomic E-state index is -0.804. The highest BCUT2D eigenvalue weighted by Gasteiger charge is 2.31. The highest BCUT2D eigenvalue weighted by atomic mass is 35.5. The number of esters is 1. The van der Waals surface area contributed by atoms with Crippen molar-refractivity contribution < 1.29 is 23.7 Å². The van der Waals surface area contributed by atoms with Crippen LogP contribution in [0.25, 0.3) is 16.8 Å². The highest BCUT2D eigenvalue weighted by Crippen LogP contribution is 2.35. The first-order valence-electron chi connectivity index (χ1n) is 14.8. The van der Waals surface area contributed by atoms with E-state index in [-0.39, 0.29) is 11.1 Å². The number of hydrogen-bond donors (Lipinski definition) is 0. The number of rotatable bonds is 10. The van der Waals surface area contributed by atoms with Gasteiger partial charge in [0.1, 0.15) is 12.4 Å². The number of thiazole rings is 1. The summed E-state index contributed by atoms with van der Waals surface area (Å²) in [6.07, 6.45) is 3.21. The second kappa shape index (κ2) is 13.6. The standard InChI is InChI=1S/C36H31ClN2O6S/c1-4-43-30-15-13-23(18-31(30)44-5-2)33-28(35(41)42-3)20-38-36-39(33)34(40)32(46-36)19-25-17-26(37)14-16-29(25)45-21-24-11-8-10-22-9-6-7-12-27(22)24/h6-20,33H,4-5,21H2,1-3H3/b32-19+/t33-/m0/s1. The zero-order valence-corrected chi connectivity index (χ0v) is 27.1. The normalized spacial score (nSPS) is 14.3. The van der Waals surface area contributed by atoms with Crippen molar-refractivity contribution in [1.29, 1.82) is 0 Å². The second-order valence-corrected chi connectivity index (χ2v) is 11.8. The first kappa shape index (κ1) is 31.1. The van der Waals surface area contributed by atoms with E-state index in [1.54, 1.807) is 36.4 Å². The summed E-state index contributed by atoms with van der Waals surface area (Å²) in [5.41, 5.74) is 2.22. The van der Waals surface area contributed by atoms with Crippen molar-refractivity contribution >= 4 is 45.8 Å². The van der Waals surface area contributed by atoms with Crippen molar-refractivity contribution in [2.45, 2.75) is 26.5 Å². The Hall–Kier alpha value is -4.86. The van der Waals surface area contributed by atoms with Gasteiger partial charge in [0.05, 0.1) is 36.5 Å². The Morgan fingerprint density at radius 1 is 0.935 bits per heavy atom. The molecule has 0 saturated carbocycles. The number of aromatic nitrogens is 1. The lowest BCUT2D eigenvalue weighted by atomic mass is 9.97. The maximum absolute atomic E-state index is 14.1. The minimum absolute atomic E-state index is 0.218. The number of benzene rings is 4. The number of nitrogens with zero attached hydrogens (tertiary/aromatic N) is 2. The van der Waals surface area contributed by atoms with Crippen LogP contribution in [0.15, 0.2) is 100 Å². The van der Waals surface area contributed by atoms with E-state index in [1.165, 1.54) is 29.2 Å². The molecule has 10 heteroatoms. The molecule has 2 heterocycles. The number of hydrogen-bond acceptors (Lipinski definition) is 8. The van der Waals surface area contributed by atoms with E-state index in [4.69, 9.17) is 30.5 Å². The average molecular weight is 655 g/mol. The quantitative estimate of drug-likeness (QED) is 0.167. The van der Waals surface area contributed by atoms with E-state index < -0.39 is 12.0 Å². The van der Waals surface area contributed by atoms with E-state index in [0.717, 1.165) is 16.3 Å². The van der Waals surface area contributed by atoms with Crippen molar-refractivity contribution in [2.75, 3.05) is 20.3 Å². The molecule has 6 rings (SSSR count). The zero-order valence-electron chi connectivity index (χ0n) is 25.5. The molecule has 0 unspecified atom stereocenters. The molecule has 5 aromatic rings. The van der Waals surface area contributed by atoms with Gasteiger partial charge in [0.25, 0.3) is 5.56 Å². The Balaban J connectivity index is 1.42. The summed E-state index contributed by atoms with van der Waals surface area (Å²) in [5.74, 6) is 1.06. The van der Waals surface area contributed by atoms with Crippen LogP contribution in [0.2, 0.25) is 5.02 Å². The Bertz CT molecular complexity index is 2150. The van der Waals surface area contributed by atoms with Gasteiger partial charge in [0.2, 0.25) is 0 Å². The van der Waals surface area contributed by atoms with Gasteiger partial charge >= 0.3 is 5.97 Å². The predicted octanol–water partition coefficient (Wildman–Crippen LogP) is 6.20. The topological polar surface area (TPSA) is 88.4 Å². The van der Waals surface area contributed by atoms with Crippen LogP contribution in [-0.4, -0.2) is 30.9 Å². The van der Waals surface area contributed by atoms with Gasteiger partial charge in [0, 0.05) is 16.8 Å². The van der Waals surface area contributed by atoms with Gasteiger partial charge in [-0.3, -0.25) is 9.36 Å². The van der Waals surface area contributed by atoms with Crippen molar-refractivity contribution in [2.24, 2.45) is 4.99 Å². The lowest BCUT2D eigenvalue weighted by Gasteiger charge is -2.23. The van der Waals surface area contributed by atoms with Gasteiger partial charge in [-0.1, -0.05) is 71.5 Å². The first-order chi connectivity index (χ1) is 22.4. The number of ether oxygens (including phenoxy) is 4. The molecule has 1 atom stereocenters. The molecule has 4 aromatic carbocycles. The predicted molar refractivity (Wildman–Crippen MR) is 180 cm³/mol. The summed E-state index contributed by atoms with van der Waals surface area (Å²) in [7, 11) is 1.30. The monoisotopic (exact) mass is 654 g/mol. The molecule has 0 spiro atoms. The first-order valence-corrected chi connectivity index (χ1v) is 16.0. The van der Waals surface area contributed by atoms with E-state index in [1.807, 2.05) is 44.2 Å². The van der Waals surface area contributed by atoms with Gasteiger partial charge in [-0.25, -0.2) is 9.79 Å². The van der Waals surface area contributed by atoms with Crippen molar-refractivity contribution in [1.82, 2.24) is 4.57 Å². The fraction of sp³-hybridized carbons (Fsp3) is 0.194. The second-order valence-electron chi connectivity index (χ2n) is 10.4. The van der Waals surface area contributed by atoms with E-state index in [9.17, 15) is 9.59 Å². The summed E-state index contributed by atoms with van der Waals surface area (Å²) in [4.78, 5) is 32.0. The van der Waals surface area contributed by atoms with Crippen LogP contribution in [0.1, 0.15) is 36.6 Å². The number of carbonyl (C=O) groups excluding carboxylic acids is 1. The van der Waals surface area contributed by atoms with Crippen LogP contribution in [0.5, 0.6) is 17.2 Å². The Labute approximate surface area is 274 Å². The number of carbonyl (C=O) groups is 1. The molecular formula is C36H31ClN2O6S.